The van der Waals surface area contributed by atoms with E-state index in [4.69, 9.17) is 0 Å². The molecule has 0 saturated carbocycles. The quantitative estimate of drug-likeness (QED) is 0.365. The summed E-state index contributed by atoms with van der Waals surface area (Å²) in [5, 5.41) is 0. The van der Waals surface area contributed by atoms with Crippen molar-refractivity contribution < 1.29 is 37.2 Å². The fraction of sp³-hybridized carbons (Fsp3) is 0.300. The molecule has 0 aliphatic heterocycles. The Hall–Kier alpha value is -0.853. The summed E-state index contributed by atoms with van der Waals surface area (Å²) in [6.45, 7) is 1.41. The van der Waals surface area contributed by atoms with E-state index in [2.05, 4.69) is 10.8 Å². The van der Waals surface area contributed by atoms with Gasteiger partial charge in [0.1, 0.15) is 0 Å². The Kier molecular flexibility index (Phi) is 5.56. The zero-order valence-electron chi connectivity index (χ0n) is 8.59. The van der Waals surface area contributed by atoms with Crippen LogP contribution in [0.1, 0.15) is 12.5 Å². The molecule has 0 spiro atoms. The second kappa shape index (κ2) is 5.89. The van der Waals surface area contributed by atoms with E-state index in [-0.39, 0.29) is 25.5 Å². The number of carbonyl (C=O) groups excluding carboxylic acids is 1. The smallest absolute Gasteiger partial charge is 0.461 e. The topological polar surface area (TPSA) is 26.3 Å². The Bertz CT molecular complexity index is 314. The van der Waals surface area contributed by atoms with Crippen LogP contribution in [0.25, 0.3) is 0 Å². The first-order valence-electron chi connectivity index (χ1n) is 4.11. The van der Waals surface area contributed by atoms with Crippen molar-refractivity contribution in [2.24, 2.45) is 0 Å². The van der Waals surface area contributed by atoms with Crippen molar-refractivity contribution in [2.75, 3.05) is 6.61 Å². The Labute approximate surface area is 98.8 Å². The summed E-state index contributed by atoms with van der Waals surface area (Å²) in [5.74, 6) is -5.15. The fourth-order valence-electron chi connectivity index (χ4n) is 0.920. The van der Waals surface area contributed by atoms with Crippen molar-refractivity contribution in [1.29, 1.82) is 0 Å². The van der Waals surface area contributed by atoms with E-state index >= 15 is 0 Å². The molecule has 0 fully saturated rings. The number of benzene rings is 1. The van der Waals surface area contributed by atoms with Crippen LogP contribution < -0.4 is 18.9 Å². The van der Waals surface area contributed by atoms with Gasteiger partial charge >= 0.3 is 30.8 Å². The van der Waals surface area contributed by atoms with Crippen LogP contribution in [0.2, 0.25) is 0 Å². The summed E-state index contributed by atoms with van der Waals surface area (Å²) in [6, 6.07) is 7.72. The van der Waals surface area contributed by atoms with E-state index in [0.29, 0.717) is 0 Å². The summed E-state index contributed by atoms with van der Waals surface area (Å²) in [4.78, 5) is 10.9. The van der Waals surface area contributed by atoms with E-state index in [1.54, 1.807) is 6.07 Å². The molecule has 0 aromatic heterocycles. The molecule has 0 atom stereocenters. The Balaban J connectivity index is 0.00000196. The van der Waals surface area contributed by atoms with Crippen molar-refractivity contribution in [3.63, 3.8) is 0 Å². The average Bonchev–Trinajstić information content (AvgIpc) is 2.19. The number of esters is 1. The van der Waals surface area contributed by atoms with Gasteiger partial charge in [0.2, 0.25) is 0 Å². The molecule has 1 rings (SSSR count). The van der Waals surface area contributed by atoms with Gasteiger partial charge in [0.15, 0.2) is 0 Å². The van der Waals surface area contributed by atoms with Crippen LogP contribution in [-0.4, -0.2) is 12.6 Å². The maximum Gasteiger partial charge on any atom is 1.00 e. The molecule has 0 unspecified atom stereocenters. The van der Waals surface area contributed by atoms with Gasteiger partial charge in [-0.15, -0.1) is 0 Å². The first kappa shape index (κ1) is 14.1. The third-order valence-electron chi connectivity index (χ3n) is 1.58. The van der Waals surface area contributed by atoms with E-state index in [1.165, 1.54) is 19.1 Å². The number of rotatable bonds is 3. The van der Waals surface area contributed by atoms with Gasteiger partial charge in [-0.3, -0.25) is 0 Å². The molecule has 15 heavy (non-hydrogen) atoms. The Morgan fingerprint density at radius 3 is 2.67 bits per heavy atom. The second-order valence-electron chi connectivity index (χ2n) is 2.57. The van der Waals surface area contributed by atoms with Crippen molar-refractivity contribution in [3.8, 4) is 0 Å². The molecule has 0 radical (unpaired) electrons. The van der Waals surface area contributed by atoms with Crippen LogP contribution in [-0.2, 0) is 15.5 Å². The van der Waals surface area contributed by atoms with Crippen molar-refractivity contribution in [1.82, 2.24) is 0 Å². The molecule has 0 bridgehead atoms. The molecule has 0 aliphatic carbocycles. The molecule has 5 heteroatoms. The largest absolute Gasteiger partial charge is 1.00 e. The number of hydrogen-bond acceptors (Lipinski definition) is 2. The molecule has 0 aliphatic rings. The molecule has 0 heterocycles. The fourth-order valence-corrected chi connectivity index (χ4v) is 0.920. The third-order valence-corrected chi connectivity index (χ3v) is 1.58. The van der Waals surface area contributed by atoms with Crippen LogP contribution in [0.15, 0.2) is 24.3 Å². The standard InChI is InChI=1S/C10H9F2O2.Li/c1-2-14-9(13)10(11,12)8-6-4-3-5-7-8;/h3-6H,2H2,1H3;/q-1;+1. The van der Waals surface area contributed by atoms with Crippen molar-refractivity contribution >= 4 is 5.97 Å². The van der Waals surface area contributed by atoms with Gasteiger partial charge in [0.05, 0.1) is 6.61 Å². The predicted octanol–water partition coefficient (Wildman–Crippen LogP) is -0.854. The maximum absolute atomic E-state index is 13.2. The summed E-state index contributed by atoms with van der Waals surface area (Å²) < 4.78 is 30.7. The zero-order valence-corrected chi connectivity index (χ0v) is 8.59. The van der Waals surface area contributed by atoms with Crippen LogP contribution in [0.3, 0.4) is 0 Å². The van der Waals surface area contributed by atoms with Gasteiger partial charge in [-0.25, -0.2) is 4.79 Å². The molecule has 1 aromatic rings. The predicted molar refractivity (Wildman–Crippen MR) is 45.8 cm³/mol. The Morgan fingerprint density at radius 2 is 2.20 bits per heavy atom. The van der Waals surface area contributed by atoms with Gasteiger partial charge < -0.3 is 4.74 Å². The van der Waals surface area contributed by atoms with Crippen molar-refractivity contribution in [2.45, 2.75) is 12.8 Å². The maximum atomic E-state index is 13.2. The summed E-state index contributed by atoms with van der Waals surface area (Å²) in [7, 11) is 0. The van der Waals surface area contributed by atoms with Gasteiger partial charge in [-0.1, -0.05) is 5.56 Å². The van der Waals surface area contributed by atoms with Crippen LogP contribution in [0.5, 0.6) is 0 Å². The minimum atomic E-state index is -3.61. The van der Waals surface area contributed by atoms with Crippen molar-refractivity contribution in [3.05, 3.63) is 35.9 Å². The van der Waals surface area contributed by atoms with Gasteiger partial charge in [-0.05, 0) is 6.92 Å². The van der Waals surface area contributed by atoms with E-state index in [0.717, 1.165) is 6.07 Å². The molecule has 0 amide bonds. The molecule has 1 aromatic carbocycles. The molecule has 0 N–H and O–H groups in total. The van der Waals surface area contributed by atoms with E-state index < -0.39 is 17.5 Å². The van der Waals surface area contributed by atoms with E-state index in [9.17, 15) is 13.6 Å². The molecular weight excluding hydrogens is 197 g/mol. The van der Waals surface area contributed by atoms with Gasteiger partial charge in [0.25, 0.3) is 0 Å². The number of alkyl halides is 2. The minimum Gasteiger partial charge on any atom is -0.461 e. The third kappa shape index (κ3) is 3.33. The number of carbonyl (C=O) groups is 1. The first-order valence-corrected chi connectivity index (χ1v) is 4.11. The van der Waals surface area contributed by atoms with Crippen LogP contribution >= 0.6 is 0 Å². The first-order chi connectivity index (χ1) is 6.59. The van der Waals surface area contributed by atoms with Crippen LogP contribution in [0.4, 0.5) is 8.78 Å². The molecular formula is C10H9F2LiO2. The number of halogens is 2. The Morgan fingerprint density at radius 1 is 1.53 bits per heavy atom. The SMILES string of the molecule is CCOC(=O)C(F)(F)c1[c-]cccc1.[Li+]. The summed E-state index contributed by atoms with van der Waals surface area (Å²) in [5.41, 5.74) is -0.474. The van der Waals surface area contributed by atoms with Gasteiger partial charge in [-0.2, -0.15) is 39.1 Å². The number of ether oxygens (including phenoxy) is 1. The second-order valence-corrected chi connectivity index (χ2v) is 2.57. The summed E-state index contributed by atoms with van der Waals surface area (Å²) in [6.07, 6.45) is 0. The molecule has 76 valence electrons. The zero-order chi connectivity index (χ0) is 10.6. The summed E-state index contributed by atoms with van der Waals surface area (Å²) >= 11 is 0. The minimum absolute atomic E-state index is 0. The molecule has 2 nitrogen and oxygen atoms in total. The van der Waals surface area contributed by atoms with Gasteiger partial charge in [0, 0.05) is 0 Å². The van der Waals surface area contributed by atoms with E-state index in [1.807, 2.05) is 0 Å². The monoisotopic (exact) mass is 206 g/mol. The average molecular weight is 206 g/mol. The normalized spacial score (nSPS) is 10.3. The van der Waals surface area contributed by atoms with Crippen LogP contribution in [0, 0.1) is 6.07 Å². The number of hydrogen-bond donors (Lipinski definition) is 0. The molecule has 0 saturated heterocycles.